The molecule has 7 nitrogen and oxygen atoms in total. The van der Waals surface area contributed by atoms with E-state index in [9.17, 15) is 9.59 Å². The molecule has 1 heterocycles. The predicted octanol–water partition coefficient (Wildman–Crippen LogP) is 4.69. The topological polar surface area (TPSA) is 77.1 Å². The lowest BCUT2D eigenvalue weighted by molar-refractivity contribution is -0.117. The fourth-order valence-electron chi connectivity index (χ4n) is 4.07. The number of amides is 2. The molecule has 0 bridgehead atoms. The van der Waals surface area contributed by atoms with Crippen LogP contribution in [-0.2, 0) is 9.53 Å². The first-order chi connectivity index (χ1) is 14.7. The number of carbonyl (C=O) groups is 2. The van der Waals surface area contributed by atoms with Crippen molar-refractivity contribution in [2.24, 2.45) is 0 Å². The molecule has 2 aromatic carbocycles. The molecule has 7 heteroatoms. The molecule has 0 spiro atoms. The van der Waals surface area contributed by atoms with E-state index in [1.54, 1.807) is 26.0 Å². The monoisotopic (exact) mass is 426 g/mol. The number of methoxy groups -OCH3 is 2. The molecular formula is C24H30N2O5. The zero-order valence-corrected chi connectivity index (χ0v) is 18.9. The Morgan fingerprint density at radius 2 is 1.68 bits per heavy atom. The van der Waals surface area contributed by atoms with Crippen molar-refractivity contribution in [2.75, 3.05) is 19.1 Å². The summed E-state index contributed by atoms with van der Waals surface area (Å²) >= 11 is 0. The van der Waals surface area contributed by atoms with Crippen LogP contribution < -0.4 is 19.7 Å². The van der Waals surface area contributed by atoms with Gasteiger partial charge in [0.1, 0.15) is 0 Å². The van der Waals surface area contributed by atoms with Gasteiger partial charge in [0.2, 0.25) is 5.91 Å². The highest BCUT2D eigenvalue weighted by molar-refractivity contribution is 5.94. The Labute approximate surface area is 183 Å². The zero-order chi connectivity index (χ0) is 22.7. The van der Waals surface area contributed by atoms with E-state index in [-0.39, 0.29) is 24.1 Å². The molecular weight excluding hydrogens is 396 g/mol. The van der Waals surface area contributed by atoms with E-state index in [4.69, 9.17) is 14.2 Å². The number of hydrogen-bond donors (Lipinski definition) is 1. The number of fused-ring (bicyclic) bond motifs is 1. The van der Waals surface area contributed by atoms with Gasteiger partial charge in [-0.2, -0.15) is 0 Å². The van der Waals surface area contributed by atoms with Crippen LogP contribution in [0.2, 0.25) is 0 Å². The van der Waals surface area contributed by atoms with Gasteiger partial charge in [0.25, 0.3) is 0 Å². The van der Waals surface area contributed by atoms with E-state index >= 15 is 0 Å². The number of benzene rings is 2. The van der Waals surface area contributed by atoms with Crippen molar-refractivity contribution in [3.63, 3.8) is 0 Å². The Morgan fingerprint density at radius 1 is 1.03 bits per heavy atom. The maximum absolute atomic E-state index is 12.3. The van der Waals surface area contributed by atoms with Crippen LogP contribution in [0.3, 0.4) is 0 Å². The van der Waals surface area contributed by atoms with Crippen molar-refractivity contribution >= 4 is 17.7 Å². The van der Waals surface area contributed by atoms with Crippen LogP contribution in [0, 0.1) is 0 Å². The molecule has 2 amide bonds. The van der Waals surface area contributed by atoms with Gasteiger partial charge >= 0.3 is 6.09 Å². The van der Waals surface area contributed by atoms with E-state index in [1.807, 2.05) is 57.2 Å². The largest absolute Gasteiger partial charge is 0.493 e. The third-order valence-corrected chi connectivity index (χ3v) is 5.37. The quantitative estimate of drug-likeness (QED) is 0.750. The van der Waals surface area contributed by atoms with Gasteiger partial charge in [0.15, 0.2) is 11.5 Å². The second-order valence-corrected chi connectivity index (χ2v) is 7.97. The second-order valence-electron chi connectivity index (χ2n) is 7.97. The van der Waals surface area contributed by atoms with Gasteiger partial charge in [-0.3, -0.25) is 4.79 Å². The number of anilines is 1. The minimum absolute atomic E-state index is 0.0316. The van der Waals surface area contributed by atoms with Crippen LogP contribution in [0.4, 0.5) is 10.5 Å². The Kier molecular flexibility index (Phi) is 6.73. The third kappa shape index (κ3) is 4.76. The molecule has 0 aliphatic carbocycles. The van der Waals surface area contributed by atoms with E-state index in [1.165, 1.54) is 0 Å². The van der Waals surface area contributed by atoms with Gasteiger partial charge in [-0.05, 0) is 68.1 Å². The SMILES string of the molecule is COc1ccc(-c2ccc3c(c2)[C@H](NC(=O)OC(C)C)C[C@H](C)N3C(C)=O)cc1OC. The summed E-state index contributed by atoms with van der Waals surface area (Å²) in [5.74, 6) is 1.25. The van der Waals surface area contributed by atoms with Crippen LogP contribution in [0.15, 0.2) is 36.4 Å². The molecule has 0 aromatic heterocycles. The van der Waals surface area contributed by atoms with Crippen molar-refractivity contribution in [2.45, 2.75) is 52.3 Å². The number of ether oxygens (including phenoxy) is 3. The van der Waals surface area contributed by atoms with E-state index in [0.29, 0.717) is 17.9 Å². The van der Waals surface area contributed by atoms with Crippen LogP contribution in [0.5, 0.6) is 11.5 Å². The maximum Gasteiger partial charge on any atom is 0.407 e. The number of rotatable bonds is 5. The zero-order valence-electron chi connectivity index (χ0n) is 18.9. The number of carbonyl (C=O) groups excluding carboxylic acids is 2. The number of nitrogens with one attached hydrogen (secondary N) is 1. The van der Waals surface area contributed by atoms with Crippen molar-refractivity contribution < 1.29 is 23.8 Å². The molecule has 0 unspecified atom stereocenters. The predicted molar refractivity (Wildman–Crippen MR) is 120 cm³/mol. The van der Waals surface area contributed by atoms with Gasteiger partial charge in [0.05, 0.1) is 26.4 Å². The molecule has 2 atom stereocenters. The minimum Gasteiger partial charge on any atom is -0.493 e. The highest BCUT2D eigenvalue weighted by Crippen LogP contribution is 2.41. The summed E-state index contributed by atoms with van der Waals surface area (Å²) in [7, 11) is 3.20. The molecule has 2 aromatic rings. The molecule has 166 valence electrons. The summed E-state index contributed by atoms with van der Waals surface area (Å²) in [6, 6.07) is 11.3. The second kappa shape index (κ2) is 9.29. The molecule has 1 aliphatic heterocycles. The summed E-state index contributed by atoms with van der Waals surface area (Å²) in [6.45, 7) is 7.16. The Balaban J connectivity index is 2.05. The van der Waals surface area contributed by atoms with Gasteiger partial charge in [-0.25, -0.2) is 4.79 Å². The molecule has 0 saturated carbocycles. The molecule has 31 heavy (non-hydrogen) atoms. The van der Waals surface area contributed by atoms with Crippen LogP contribution in [-0.4, -0.2) is 38.4 Å². The lowest BCUT2D eigenvalue weighted by Gasteiger charge is -2.39. The van der Waals surface area contributed by atoms with Crippen LogP contribution in [0.25, 0.3) is 11.1 Å². The third-order valence-electron chi connectivity index (χ3n) is 5.37. The average molecular weight is 427 g/mol. The lowest BCUT2D eigenvalue weighted by atomic mass is 9.89. The summed E-state index contributed by atoms with van der Waals surface area (Å²) < 4.78 is 16.1. The number of nitrogens with zero attached hydrogens (tertiary/aromatic N) is 1. The molecule has 1 aliphatic rings. The Hall–Kier alpha value is -3.22. The summed E-state index contributed by atoms with van der Waals surface area (Å²) in [5, 5.41) is 2.97. The number of hydrogen-bond acceptors (Lipinski definition) is 5. The molecule has 0 radical (unpaired) electrons. The first-order valence-electron chi connectivity index (χ1n) is 10.4. The molecule has 0 saturated heterocycles. The highest BCUT2D eigenvalue weighted by atomic mass is 16.6. The van der Waals surface area contributed by atoms with Crippen molar-refractivity contribution in [1.29, 1.82) is 0 Å². The highest BCUT2D eigenvalue weighted by Gasteiger charge is 2.33. The average Bonchev–Trinajstić information content (AvgIpc) is 2.72. The number of alkyl carbamates (subject to hydrolysis) is 1. The molecule has 0 fully saturated rings. The first kappa shape index (κ1) is 22.5. The van der Waals surface area contributed by atoms with E-state index < -0.39 is 6.09 Å². The normalized spacial score (nSPS) is 17.7. The summed E-state index contributed by atoms with van der Waals surface area (Å²) in [5.41, 5.74) is 3.56. The lowest BCUT2D eigenvalue weighted by Crippen LogP contribution is -2.45. The van der Waals surface area contributed by atoms with Crippen molar-refractivity contribution in [1.82, 2.24) is 5.32 Å². The van der Waals surface area contributed by atoms with Gasteiger partial charge in [-0.15, -0.1) is 0 Å². The summed E-state index contributed by atoms with van der Waals surface area (Å²) in [6.07, 6.45) is -0.0898. The Morgan fingerprint density at radius 3 is 2.29 bits per heavy atom. The van der Waals surface area contributed by atoms with Gasteiger partial charge in [0, 0.05) is 18.7 Å². The fourth-order valence-corrected chi connectivity index (χ4v) is 4.07. The van der Waals surface area contributed by atoms with Gasteiger partial charge < -0.3 is 24.4 Å². The standard InChI is InChI=1S/C24H30N2O5/c1-14(2)31-24(28)25-20-11-15(3)26(16(4)27)21-9-7-17(12-19(20)21)18-8-10-22(29-5)23(13-18)30-6/h7-10,12-15,20H,11H2,1-6H3,(H,25,28)/t15-,20+/m0/s1. The first-order valence-corrected chi connectivity index (χ1v) is 10.4. The van der Waals surface area contributed by atoms with Crippen LogP contribution >= 0.6 is 0 Å². The smallest absolute Gasteiger partial charge is 0.407 e. The van der Waals surface area contributed by atoms with Crippen molar-refractivity contribution in [3.05, 3.63) is 42.0 Å². The maximum atomic E-state index is 12.3. The van der Waals surface area contributed by atoms with Crippen molar-refractivity contribution in [3.8, 4) is 22.6 Å². The molecule has 3 rings (SSSR count). The minimum atomic E-state index is -0.467. The Bertz CT molecular complexity index is 972. The van der Waals surface area contributed by atoms with Crippen LogP contribution in [0.1, 0.15) is 45.7 Å². The van der Waals surface area contributed by atoms with E-state index in [2.05, 4.69) is 5.32 Å². The van der Waals surface area contributed by atoms with Gasteiger partial charge in [-0.1, -0.05) is 12.1 Å². The fraction of sp³-hybridized carbons (Fsp3) is 0.417. The summed E-state index contributed by atoms with van der Waals surface area (Å²) in [4.78, 5) is 26.4. The molecule has 1 N–H and O–H groups in total. The van der Waals surface area contributed by atoms with E-state index in [0.717, 1.165) is 22.4 Å².